The summed E-state index contributed by atoms with van der Waals surface area (Å²) < 4.78 is 25.4. The molecule has 1 rings (SSSR count). The quantitative estimate of drug-likeness (QED) is 0.544. The first kappa shape index (κ1) is 10.1. The van der Waals surface area contributed by atoms with E-state index in [2.05, 4.69) is 5.32 Å². The zero-order chi connectivity index (χ0) is 9.68. The van der Waals surface area contributed by atoms with Gasteiger partial charge in [-0.05, 0) is 18.1 Å². The lowest BCUT2D eigenvalue weighted by molar-refractivity contribution is 0.567. The predicted molar refractivity (Wildman–Crippen MR) is 47.1 cm³/mol. The highest BCUT2D eigenvalue weighted by Crippen LogP contribution is 2.09. The molecule has 2 nitrogen and oxygen atoms in total. The van der Waals surface area contributed by atoms with Crippen molar-refractivity contribution in [2.24, 2.45) is 5.73 Å². The van der Waals surface area contributed by atoms with Crippen molar-refractivity contribution in [2.45, 2.75) is 6.42 Å². The van der Waals surface area contributed by atoms with Gasteiger partial charge in [-0.2, -0.15) is 0 Å². The van der Waals surface area contributed by atoms with E-state index in [1.807, 2.05) is 0 Å². The summed E-state index contributed by atoms with van der Waals surface area (Å²) in [7, 11) is 0. The molecule has 1 aromatic rings. The van der Waals surface area contributed by atoms with Gasteiger partial charge in [-0.3, -0.25) is 0 Å². The van der Waals surface area contributed by atoms with Crippen LogP contribution in [-0.4, -0.2) is 13.2 Å². The third kappa shape index (κ3) is 3.08. The van der Waals surface area contributed by atoms with Crippen LogP contribution in [-0.2, 0) is 6.42 Å². The maximum atomic E-state index is 13.0. The molecule has 0 fully saturated rings. The van der Waals surface area contributed by atoms with E-state index in [1.54, 1.807) is 0 Å². The summed E-state index contributed by atoms with van der Waals surface area (Å²) in [5.74, 6) is -1.05. The molecular weight excluding hydrogens is 174 g/mol. The van der Waals surface area contributed by atoms with E-state index in [0.29, 0.717) is 25.2 Å². The fourth-order valence-corrected chi connectivity index (χ4v) is 1.05. The lowest BCUT2D eigenvalue weighted by Gasteiger charge is -2.03. The highest BCUT2D eigenvalue weighted by atomic mass is 19.1. The second kappa shape index (κ2) is 4.89. The van der Waals surface area contributed by atoms with E-state index < -0.39 is 11.6 Å². The summed E-state index contributed by atoms with van der Waals surface area (Å²) >= 11 is 0. The number of benzene rings is 1. The molecule has 13 heavy (non-hydrogen) atoms. The maximum absolute atomic E-state index is 13.0. The first-order chi connectivity index (χ1) is 6.24. The Bertz CT molecular complexity index is 276. The second-order valence-corrected chi connectivity index (χ2v) is 2.69. The molecule has 0 bridgehead atoms. The lowest BCUT2D eigenvalue weighted by Crippen LogP contribution is -2.24. The van der Waals surface area contributed by atoms with E-state index in [9.17, 15) is 8.78 Å². The van der Waals surface area contributed by atoms with E-state index >= 15 is 0 Å². The Kier molecular flexibility index (Phi) is 3.79. The molecule has 0 heterocycles. The van der Waals surface area contributed by atoms with Crippen LogP contribution in [0.15, 0.2) is 18.2 Å². The van der Waals surface area contributed by atoms with Crippen LogP contribution in [0.5, 0.6) is 0 Å². The van der Waals surface area contributed by atoms with Crippen molar-refractivity contribution in [1.29, 1.82) is 0 Å². The van der Waals surface area contributed by atoms with Crippen LogP contribution < -0.4 is 11.1 Å². The molecular formula is C9H12F2N2. The average molecular weight is 186 g/mol. The summed E-state index contributed by atoms with van der Waals surface area (Å²) in [4.78, 5) is 0. The minimum atomic E-state index is -0.548. The van der Waals surface area contributed by atoms with Crippen LogP contribution in [0.2, 0.25) is 0 Å². The van der Waals surface area contributed by atoms with E-state index in [4.69, 9.17) is 5.73 Å². The summed E-state index contributed by atoms with van der Waals surface area (Å²) in [6.07, 6.45) is 0.517. The molecule has 0 unspecified atom stereocenters. The minimum Gasteiger partial charge on any atom is -0.318 e. The Balaban J connectivity index is 2.56. The Morgan fingerprint density at radius 3 is 2.69 bits per heavy atom. The number of rotatable bonds is 4. The molecule has 0 spiro atoms. The molecule has 4 heteroatoms. The van der Waals surface area contributed by atoms with Crippen molar-refractivity contribution in [3.05, 3.63) is 35.4 Å². The standard InChI is InChI=1S/C9H12F2N2/c10-8-2-1-7(9(11)5-8)3-4-13-6-12/h1-2,5,13H,3-4,6,12H2. The van der Waals surface area contributed by atoms with Gasteiger partial charge in [0.15, 0.2) is 0 Å². The van der Waals surface area contributed by atoms with Crippen LogP contribution in [0.25, 0.3) is 0 Å². The highest BCUT2D eigenvalue weighted by molar-refractivity contribution is 5.18. The SMILES string of the molecule is NCNCCc1ccc(F)cc1F. The number of nitrogens with two attached hydrogens (primary N) is 1. The third-order valence-corrected chi connectivity index (χ3v) is 1.73. The topological polar surface area (TPSA) is 38.0 Å². The largest absolute Gasteiger partial charge is 0.318 e. The van der Waals surface area contributed by atoms with Crippen LogP contribution in [0, 0.1) is 11.6 Å². The van der Waals surface area contributed by atoms with Crippen LogP contribution in [0.4, 0.5) is 8.78 Å². The number of hydrogen-bond donors (Lipinski definition) is 2. The Morgan fingerprint density at radius 1 is 1.31 bits per heavy atom. The fourth-order valence-electron chi connectivity index (χ4n) is 1.05. The zero-order valence-corrected chi connectivity index (χ0v) is 7.19. The molecule has 0 aromatic heterocycles. The van der Waals surface area contributed by atoms with Gasteiger partial charge in [0.05, 0.1) is 0 Å². The van der Waals surface area contributed by atoms with Gasteiger partial charge >= 0.3 is 0 Å². The molecule has 0 radical (unpaired) electrons. The summed E-state index contributed by atoms with van der Waals surface area (Å²) in [5, 5.41) is 2.86. The first-order valence-electron chi connectivity index (χ1n) is 4.08. The van der Waals surface area contributed by atoms with Crippen molar-refractivity contribution in [1.82, 2.24) is 5.32 Å². The van der Waals surface area contributed by atoms with Gasteiger partial charge in [0.1, 0.15) is 11.6 Å². The lowest BCUT2D eigenvalue weighted by atomic mass is 10.1. The Morgan fingerprint density at radius 2 is 2.08 bits per heavy atom. The van der Waals surface area contributed by atoms with E-state index in [-0.39, 0.29) is 0 Å². The Labute approximate surface area is 75.7 Å². The summed E-state index contributed by atoms with van der Waals surface area (Å²) in [6, 6.07) is 3.58. The molecule has 72 valence electrons. The molecule has 0 saturated carbocycles. The molecule has 0 saturated heterocycles. The molecule has 0 aliphatic rings. The monoisotopic (exact) mass is 186 g/mol. The van der Waals surface area contributed by atoms with Gasteiger partial charge < -0.3 is 11.1 Å². The molecule has 3 N–H and O–H groups in total. The zero-order valence-electron chi connectivity index (χ0n) is 7.19. The smallest absolute Gasteiger partial charge is 0.129 e. The highest BCUT2D eigenvalue weighted by Gasteiger charge is 2.02. The minimum absolute atomic E-state index is 0.364. The molecule has 0 atom stereocenters. The van der Waals surface area contributed by atoms with Crippen molar-refractivity contribution in [3.63, 3.8) is 0 Å². The first-order valence-corrected chi connectivity index (χ1v) is 4.08. The van der Waals surface area contributed by atoms with Crippen molar-refractivity contribution < 1.29 is 8.78 Å². The second-order valence-electron chi connectivity index (χ2n) is 2.69. The molecule has 0 aliphatic carbocycles. The van der Waals surface area contributed by atoms with Crippen molar-refractivity contribution in [2.75, 3.05) is 13.2 Å². The van der Waals surface area contributed by atoms with Crippen molar-refractivity contribution in [3.8, 4) is 0 Å². The van der Waals surface area contributed by atoms with E-state index in [0.717, 1.165) is 6.07 Å². The van der Waals surface area contributed by atoms with Gasteiger partial charge in [0, 0.05) is 19.3 Å². The summed E-state index contributed by atoms with van der Waals surface area (Å²) in [5.41, 5.74) is 5.69. The molecule has 0 amide bonds. The number of halogens is 2. The maximum Gasteiger partial charge on any atom is 0.129 e. The van der Waals surface area contributed by atoms with Gasteiger partial charge in [0.2, 0.25) is 0 Å². The van der Waals surface area contributed by atoms with Crippen LogP contribution >= 0.6 is 0 Å². The predicted octanol–water partition coefficient (Wildman–Crippen LogP) is 1.01. The van der Waals surface area contributed by atoms with Gasteiger partial charge in [-0.25, -0.2) is 8.78 Å². The molecule has 1 aromatic carbocycles. The molecule has 0 aliphatic heterocycles. The van der Waals surface area contributed by atoms with Gasteiger partial charge in [0.25, 0.3) is 0 Å². The third-order valence-electron chi connectivity index (χ3n) is 1.73. The average Bonchev–Trinajstić information content (AvgIpc) is 2.09. The number of hydrogen-bond acceptors (Lipinski definition) is 2. The van der Waals surface area contributed by atoms with Gasteiger partial charge in [-0.15, -0.1) is 0 Å². The normalized spacial score (nSPS) is 10.4. The fraction of sp³-hybridized carbons (Fsp3) is 0.333. The summed E-state index contributed by atoms with van der Waals surface area (Å²) in [6.45, 7) is 0.960. The van der Waals surface area contributed by atoms with Crippen LogP contribution in [0.3, 0.4) is 0 Å². The van der Waals surface area contributed by atoms with Crippen molar-refractivity contribution >= 4 is 0 Å². The van der Waals surface area contributed by atoms with Crippen LogP contribution in [0.1, 0.15) is 5.56 Å². The van der Waals surface area contributed by atoms with E-state index in [1.165, 1.54) is 12.1 Å². The number of nitrogens with one attached hydrogen (secondary N) is 1. The Hall–Kier alpha value is -1.00. The van der Waals surface area contributed by atoms with Gasteiger partial charge in [-0.1, -0.05) is 6.07 Å².